The number of halogens is 3. The van der Waals surface area contributed by atoms with Crippen LogP contribution in [0.3, 0.4) is 0 Å². The number of nitrogens with zero attached hydrogens (tertiary/aromatic N) is 4. The first-order valence-corrected chi connectivity index (χ1v) is 11.2. The first-order chi connectivity index (χ1) is 16.6. The van der Waals surface area contributed by atoms with E-state index in [0.29, 0.717) is 11.5 Å². The Kier molecular flexibility index (Phi) is 5.42. The first kappa shape index (κ1) is 23.1. The van der Waals surface area contributed by atoms with E-state index in [1.54, 1.807) is 6.07 Å². The number of aliphatic hydroxyl groups excluding tert-OH is 1. The number of carbonyl (C=O) groups is 2. The van der Waals surface area contributed by atoms with Gasteiger partial charge in [0.1, 0.15) is 5.56 Å². The Hall–Kier alpha value is -3.67. The van der Waals surface area contributed by atoms with Crippen LogP contribution >= 0.6 is 0 Å². The number of aliphatic hydroxyl groups is 1. The fourth-order valence-electron chi connectivity index (χ4n) is 4.59. The lowest BCUT2D eigenvalue weighted by atomic mass is 9.97. The average molecular weight is 488 g/mol. The largest absolute Gasteiger partial charge is 0.417 e. The molecule has 0 spiro atoms. The number of nitrogen functional groups attached to an aromatic ring is 1. The van der Waals surface area contributed by atoms with Crippen molar-refractivity contribution in [1.82, 2.24) is 24.8 Å². The normalized spacial score (nSPS) is 16.6. The van der Waals surface area contributed by atoms with E-state index in [-0.39, 0.29) is 59.6 Å². The van der Waals surface area contributed by atoms with Gasteiger partial charge in [-0.25, -0.2) is 9.50 Å². The lowest BCUT2D eigenvalue weighted by Gasteiger charge is -2.24. The number of aromatic nitrogens is 3. The highest BCUT2D eigenvalue weighted by Gasteiger charge is 2.44. The van der Waals surface area contributed by atoms with Gasteiger partial charge in [0.05, 0.1) is 23.4 Å². The molecule has 0 saturated heterocycles. The summed E-state index contributed by atoms with van der Waals surface area (Å²) < 4.78 is 43.4. The lowest BCUT2D eigenvalue weighted by Crippen LogP contribution is -2.35. The number of carbonyl (C=O) groups excluding carboxylic acids is 2. The number of amides is 2. The van der Waals surface area contributed by atoms with Crippen LogP contribution in [0.5, 0.6) is 0 Å². The molecule has 35 heavy (non-hydrogen) atoms. The second-order valence-corrected chi connectivity index (χ2v) is 8.89. The molecule has 5 rings (SSSR count). The number of rotatable bonds is 6. The van der Waals surface area contributed by atoms with Crippen LogP contribution < -0.4 is 11.1 Å². The number of hydrogen-bond acceptors (Lipinski definition) is 6. The zero-order valence-electron chi connectivity index (χ0n) is 18.8. The fraction of sp³-hybridized carbons (Fsp3) is 0.391. The summed E-state index contributed by atoms with van der Waals surface area (Å²) in [5, 5.41) is 15.5. The van der Waals surface area contributed by atoms with Crippen molar-refractivity contribution < 1.29 is 27.9 Å². The molecule has 9 nitrogen and oxygen atoms in total. The van der Waals surface area contributed by atoms with Crippen LogP contribution in [0.1, 0.15) is 51.6 Å². The van der Waals surface area contributed by atoms with E-state index in [9.17, 15) is 22.8 Å². The highest BCUT2D eigenvalue weighted by molar-refractivity contribution is 6.04. The second kappa shape index (κ2) is 8.22. The Balaban J connectivity index is 1.60. The minimum absolute atomic E-state index is 0.0150. The van der Waals surface area contributed by atoms with E-state index in [1.165, 1.54) is 21.7 Å². The van der Waals surface area contributed by atoms with Gasteiger partial charge >= 0.3 is 6.18 Å². The molecule has 1 aliphatic heterocycles. The molecule has 4 N–H and O–H groups in total. The van der Waals surface area contributed by atoms with Crippen LogP contribution in [0, 0.1) is 5.92 Å². The van der Waals surface area contributed by atoms with E-state index in [4.69, 9.17) is 10.8 Å². The van der Waals surface area contributed by atoms with Crippen molar-refractivity contribution in [2.75, 3.05) is 18.9 Å². The van der Waals surface area contributed by atoms with Crippen LogP contribution in [0.4, 0.5) is 19.0 Å². The highest BCUT2D eigenvalue weighted by Crippen LogP contribution is 2.43. The minimum atomic E-state index is -4.74. The monoisotopic (exact) mass is 488 g/mol. The number of nitrogens with one attached hydrogen (secondary N) is 1. The van der Waals surface area contributed by atoms with E-state index in [2.05, 4.69) is 15.4 Å². The number of hydrogen-bond donors (Lipinski definition) is 3. The highest BCUT2D eigenvalue weighted by atomic mass is 19.4. The smallest absolute Gasteiger partial charge is 0.395 e. The molecule has 1 aliphatic carbocycles. The Morgan fingerprint density at radius 3 is 2.74 bits per heavy atom. The van der Waals surface area contributed by atoms with Crippen molar-refractivity contribution in [1.29, 1.82) is 0 Å². The molecule has 2 amide bonds. The number of anilines is 1. The second-order valence-electron chi connectivity index (χ2n) is 8.89. The van der Waals surface area contributed by atoms with Crippen molar-refractivity contribution in [3.63, 3.8) is 0 Å². The van der Waals surface area contributed by atoms with Crippen LogP contribution in [-0.2, 0) is 12.7 Å². The molecule has 1 fully saturated rings. The van der Waals surface area contributed by atoms with Crippen molar-refractivity contribution in [3.8, 4) is 11.3 Å². The summed E-state index contributed by atoms with van der Waals surface area (Å²) in [4.78, 5) is 31.4. The summed E-state index contributed by atoms with van der Waals surface area (Å²) in [6.07, 6.45) is -1.37. The molecular formula is C23H23F3N6O3. The Labute approximate surface area is 197 Å². The van der Waals surface area contributed by atoms with Gasteiger partial charge in [-0.2, -0.15) is 13.2 Å². The van der Waals surface area contributed by atoms with E-state index in [1.807, 2.05) is 6.92 Å². The summed E-state index contributed by atoms with van der Waals surface area (Å²) in [5.41, 5.74) is 5.20. The lowest BCUT2D eigenvalue weighted by molar-refractivity contribution is -0.137. The van der Waals surface area contributed by atoms with Gasteiger partial charge in [-0.15, -0.1) is 5.10 Å². The SMILES string of the molecule is CC(C1CC1)N1Cc2cc(-c3ccn4nc(N)c(C(=O)NCCO)c4n3)cc(C(F)(F)F)c2C1=O. The van der Waals surface area contributed by atoms with Crippen molar-refractivity contribution >= 4 is 23.3 Å². The van der Waals surface area contributed by atoms with Crippen molar-refractivity contribution in [3.05, 3.63) is 46.6 Å². The third-order valence-corrected chi connectivity index (χ3v) is 6.57. The predicted molar refractivity (Wildman–Crippen MR) is 119 cm³/mol. The van der Waals surface area contributed by atoms with Gasteiger partial charge in [-0.3, -0.25) is 9.59 Å². The summed E-state index contributed by atoms with van der Waals surface area (Å²) in [6.45, 7) is 1.67. The molecule has 1 atom stereocenters. The fourth-order valence-corrected chi connectivity index (χ4v) is 4.59. The Morgan fingerprint density at radius 2 is 2.09 bits per heavy atom. The zero-order valence-corrected chi connectivity index (χ0v) is 18.8. The standard InChI is InChI=1S/C23H23F3N6O3/c1-11(12-2-3-12)31-10-14-8-13(9-15(23(24,25)26)17(14)22(31)35)16-4-6-32-20(29-16)18(19(27)30-32)21(34)28-5-7-33/h4,6,8-9,11-12,33H,2-3,5,7,10H2,1H3,(H2,27,30)(H,28,34). The van der Waals surface area contributed by atoms with Gasteiger partial charge in [0.2, 0.25) is 0 Å². The average Bonchev–Trinajstić information content (AvgIpc) is 3.53. The molecule has 0 bridgehead atoms. The summed E-state index contributed by atoms with van der Waals surface area (Å²) in [6, 6.07) is 3.81. The molecule has 2 aromatic heterocycles. The Bertz CT molecular complexity index is 1350. The summed E-state index contributed by atoms with van der Waals surface area (Å²) >= 11 is 0. The summed E-state index contributed by atoms with van der Waals surface area (Å²) in [5.74, 6) is -1.01. The topological polar surface area (TPSA) is 126 Å². The van der Waals surface area contributed by atoms with Gasteiger partial charge in [0.25, 0.3) is 11.8 Å². The molecule has 12 heteroatoms. The van der Waals surface area contributed by atoms with Crippen molar-refractivity contribution in [2.45, 2.75) is 38.5 Å². The molecule has 3 aromatic rings. The maximum Gasteiger partial charge on any atom is 0.417 e. The van der Waals surface area contributed by atoms with Gasteiger partial charge in [-0.05, 0) is 49.4 Å². The number of alkyl halides is 3. The Morgan fingerprint density at radius 1 is 1.34 bits per heavy atom. The van der Waals surface area contributed by atoms with Crippen LogP contribution in [-0.4, -0.2) is 55.6 Å². The molecule has 0 radical (unpaired) electrons. The molecule has 1 aromatic carbocycles. The maximum absolute atomic E-state index is 14.1. The molecule has 1 unspecified atom stereocenters. The summed E-state index contributed by atoms with van der Waals surface area (Å²) in [7, 11) is 0. The van der Waals surface area contributed by atoms with E-state index in [0.717, 1.165) is 18.9 Å². The molecule has 184 valence electrons. The number of fused-ring (bicyclic) bond motifs is 2. The molecule has 2 aliphatic rings. The van der Waals surface area contributed by atoms with Crippen LogP contribution in [0.2, 0.25) is 0 Å². The predicted octanol–water partition coefficient (Wildman–Crippen LogP) is 2.47. The first-order valence-electron chi connectivity index (χ1n) is 11.2. The van der Waals surface area contributed by atoms with Crippen molar-refractivity contribution in [2.24, 2.45) is 5.92 Å². The maximum atomic E-state index is 14.1. The van der Waals surface area contributed by atoms with Crippen LogP contribution in [0.15, 0.2) is 24.4 Å². The van der Waals surface area contributed by atoms with Crippen LogP contribution in [0.25, 0.3) is 16.9 Å². The third-order valence-electron chi connectivity index (χ3n) is 6.57. The van der Waals surface area contributed by atoms with E-state index >= 15 is 0 Å². The molecule has 3 heterocycles. The van der Waals surface area contributed by atoms with E-state index < -0.39 is 23.6 Å². The number of nitrogens with two attached hydrogens (primary N) is 1. The van der Waals surface area contributed by atoms with Gasteiger partial charge in [0, 0.05) is 30.9 Å². The zero-order chi connectivity index (χ0) is 25.1. The molecule has 1 saturated carbocycles. The van der Waals surface area contributed by atoms with Gasteiger partial charge in [-0.1, -0.05) is 0 Å². The third kappa shape index (κ3) is 3.97. The van der Waals surface area contributed by atoms with Gasteiger partial charge < -0.3 is 21.1 Å². The molecular weight excluding hydrogens is 465 g/mol. The van der Waals surface area contributed by atoms with Gasteiger partial charge in [0.15, 0.2) is 11.5 Å². The minimum Gasteiger partial charge on any atom is -0.395 e. The number of benzene rings is 1. The quantitative estimate of drug-likeness (QED) is 0.490.